The maximum atomic E-state index is 13.5. The molecule has 146 valence electrons. The Balaban J connectivity index is 3.33. The summed E-state index contributed by atoms with van der Waals surface area (Å²) in [5.41, 5.74) is -3.17. The van der Waals surface area contributed by atoms with E-state index in [-0.39, 0.29) is 12.0 Å². The zero-order chi connectivity index (χ0) is 20.1. The minimum atomic E-state index is -5.06. The lowest BCUT2D eigenvalue weighted by Gasteiger charge is -2.35. The summed E-state index contributed by atoms with van der Waals surface area (Å²) < 4.78 is 78.6. The summed E-state index contributed by atoms with van der Waals surface area (Å²) >= 11 is 5.38. The first kappa shape index (κ1) is 22.2. The van der Waals surface area contributed by atoms with Crippen molar-refractivity contribution in [1.82, 2.24) is 5.01 Å². The Morgan fingerprint density at radius 1 is 1.50 bits per heavy atom. The quantitative estimate of drug-likeness (QED) is 0.268. The SMILES string of the molecule is C=N/C=C(\C=C(/C)F)C1CC=NN1C(=O)C(CCl)(CC(F)(F)F)C(F)F. The van der Waals surface area contributed by atoms with Gasteiger partial charge in [-0.1, -0.05) is 0 Å². The zero-order valence-electron chi connectivity index (χ0n) is 13.6. The summed E-state index contributed by atoms with van der Waals surface area (Å²) in [6.45, 7) is 4.27. The average molecular weight is 404 g/mol. The summed E-state index contributed by atoms with van der Waals surface area (Å²) in [5.74, 6) is -3.55. The van der Waals surface area contributed by atoms with Gasteiger partial charge in [0.25, 0.3) is 12.3 Å². The van der Waals surface area contributed by atoms with Crippen LogP contribution >= 0.6 is 11.6 Å². The topological polar surface area (TPSA) is 45.0 Å². The lowest BCUT2D eigenvalue weighted by atomic mass is 9.84. The van der Waals surface area contributed by atoms with Gasteiger partial charge in [-0.25, -0.2) is 18.2 Å². The number of nitrogens with zero attached hydrogens (tertiary/aromatic N) is 3. The molecule has 1 rings (SSSR count). The van der Waals surface area contributed by atoms with E-state index in [2.05, 4.69) is 16.8 Å². The van der Waals surface area contributed by atoms with Gasteiger partial charge in [0, 0.05) is 24.7 Å². The van der Waals surface area contributed by atoms with Crippen molar-refractivity contribution < 1.29 is 31.1 Å². The molecule has 0 saturated heterocycles. The molecule has 1 heterocycles. The smallest absolute Gasteiger partial charge is 0.272 e. The Hall–Kier alpha value is -1.84. The van der Waals surface area contributed by atoms with E-state index in [1.165, 1.54) is 0 Å². The van der Waals surface area contributed by atoms with Crippen LogP contribution in [0.25, 0.3) is 0 Å². The Morgan fingerprint density at radius 3 is 2.54 bits per heavy atom. The molecule has 1 aliphatic rings. The summed E-state index contributed by atoms with van der Waals surface area (Å²) in [7, 11) is 0. The van der Waals surface area contributed by atoms with E-state index in [0.29, 0.717) is 5.01 Å². The van der Waals surface area contributed by atoms with Gasteiger partial charge >= 0.3 is 6.18 Å². The first-order valence-corrected chi connectivity index (χ1v) is 7.78. The van der Waals surface area contributed by atoms with Gasteiger partial charge in [0.15, 0.2) is 0 Å². The van der Waals surface area contributed by atoms with Crippen molar-refractivity contribution in [2.24, 2.45) is 15.5 Å². The van der Waals surface area contributed by atoms with Crippen LogP contribution in [-0.2, 0) is 4.79 Å². The number of carbonyl (C=O) groups excluding carboxylic acids is 1. The summed E-state index contributed by atoms with van der Waals surface area (Å²) in [4.78, 5) is 16.0. The second-order valence-corrected chi connectivity index (χ2v) is 5.89. The van der Waals surface area contributed by atoms with E-state index in [0.717, 1.165) is 25.4 Å². The minimum absolute atomic E-state index is 0.0233. The first-order chi connectivity index (χ1) is 12.0. The monoisotopic (exact) mass is 403 g/mol. The third kappa shape index (κ3) is 5.09. The molecule has 2 atom stereocenters. The van der Waals surface area contributed by atoms with Crippen LogP contribution in [0.1, 0.15) is 19.8 Å². The molecule has 26 heavy (non-hydrogen) atoms. The molecule has 0 aromatic rings. The molecule has 2 unspecified atom stereocenters. The lowest BCUT2D eigenvalue weighted by molar-refractivity contribution is -0.189. The largest absolute Gasteiger partial charge is 0.390 e. The molecule has 0 N–H and O–H groups in total. The predicted molar refractivity (Wildman–Crippen MR) is 86.1 cm³/mol. The first-order valence-electron chi connectivity index (χ1n) is 7.25. The molecular formula is C15H16ClF6N3O. The molecule has 0 radical (unpaired) electrons. The second-order valence-electron chi connectivity index (χ2n) is 5.62. The number of alkyl halides is 6. The van der Waals surface area contributed by atoms with Crippen LogP contribution in [0.15, 0.2) is 33.8 Å². The highest BCUT2D eigenvalue weighted by atomic mass is 35.5. The van der Waals surface area contributed by atoms with Gasteiger partial charge in [-0.15, -0.1) is 11.6 Å². The third-order valence-electron chi connectivity index (χ3n) is 3.63. The second kappa shape index (κ2) is 8.70. The van der Waals surface area contributed by atoms with Crippen molar-refractivity contribution >= 4 is 30.4 Å². The molecule has 1 aliphatic heterocycles. The van der Waals surface area contributed by atoms with Gasteiger partial charge < -0.3 is 0 Å². The number of rotatable bonds is 7. The van der Waals surface area contributed by atoms with E-state index < -0.39 is 48.1 Å². The van der Waals surface area contributed by atoms with Gasteiger partial charge in [0.1, 0.15) is 5.41 Å². The van der Waals surface area contributed by atoms with Crippen LogP contribution in [0.3, 0.4) is 0 Å². The fourth-order valence-electron chi connectivity index (χ4n) is 2.44. The van der Waals surface area contributed by atoms with Crippen LogP contribution in [0.4, 0.5) is 26.3 Å². The van der Waals surface area contributed by atoms with Gasteiger partial charge in [-0.05, 0) is 25.3 Å². The molecule has 0 aromatic carbocycles. The molecule has 0 aliphatic carbocycles. The minimum Gasteiger partial charge on any atom is -0.272 e. The van der Waals surface area contributed by atoms with Gasteiger partial charge in [0.2, 0.25) is 0 Å². The van der Waals surface area contributed by atoms with Crippen molar-refractivity contribution in [1.29, 1.82) is 0 Å². The Morgan fingerprint density at radius 2 is 2.12 bits per heavy atom. The number of hydrazone groups is 1. The highest BCUT2D eigenvalue weighted by Crippen LogP contribution is 2.42. The molecule has 11 heteroatoms. The molecule has 0 spiro atoms. The van der Waals surface area contributed by atoms with Gasteiger partial charge in [-0.3, -0.25) is 9.79 Å². The third-order valence-corrected chi connectivity index (χ3v) is 4.10. The van der Waals surface area contributed by atoms with Crippen LogP contribution in [0, 0.1) is 5.41 Å². The number of carbonyl (C=O) groups is 1. The van der Waals surface area contributed by atoms with E-state index in [4.69, 9.17) is 11.6 Å². The standard InChI is InChI=1S/C15H16ClF6N3O/c1-9(17)5-10(6-23-2)11-3-4-24-25(11)13(26)14(8-16,12(18)19)7-15(20,21)22/h4-6,11-12H,2-3,7-8H2,1H3/b9-5+,10-6+. The van der Waals surface area contributed by atoms with Crippen molar-refractivity contribution in [2.75, 3.05) is 5.88 Å². The van der Waals surface area contributed by atoms with E-state index in [9.17, 15) is 31.1 Å². The van der Waals surface area contributed by atoms with Crippen LogP contribution in [0.5, 0.6) is 0 Å². The number of allylic oxidation sites excluding steroid dienone is 1. The average Bonchev–Trinajstić information content (AvgIpc) is 2.99. The maximum absolute atomic E-state index is 13.5. The van der Waals surface area contributed by atoms with Crippen LogP contribution < -0.4 is 0 Å². The fourth-order valence-corrected chi connectivity index (χ4v) is 2.76. The van der Waals surface area contributed by atoms with E-state index >= 15 is 0 Å². The van der Waals surface area contributed by atoms with E-state index in [1.807, 2.05) is 0 Å². The molecule has 1 amide bonds. The fraction of sp³-hybridized carbons (Fsp3) is 0.533. The molecular weight excluding hydrogens is 388 g/mol. The predicted octanol–water partition coefficient (Wildman–Crippen LogP) is 4.47. The van der Waals surface area contributed by atoms with Crippen molar-refractivity contribution in [3.05, 3.63) is 23.7 Å². The Bertz CT molecular complexity index is 627. The highest BCUT2D eigenvalue weighted by Gasteiger charge is 2.56. The molecule has 4 nitrogen and oxygen atoms in total. The van der Waals surface area contributed by atoms with Gasteiger partial charge in [-0.2, -0.15) is 18.3 Å². The number of amides is 1. The van der Waals surface area contributed by atoms with Crippen molar-refractivity contribution in [2.45, 2.75) is 38.4 Å². The molecule has 0 saturated carbocycles. The van der Waals surface area contributed by atoms with Crippen molar-refractivity contribution in [3.63, 3.8) is 0 Å². The molecule has 0 aromatic heterocycles. The number of halogens is 7. The van der Waals surface area contributed by atoms with Gasteiger partial charge in [0.05, 0.1) is 18.3 Å². The Labute approximate surface area is 150 Å². The molecule has 0 bridgehead atoms. The Kier molecular flexibility index (Phi) is 7.43. The zero-order valence-corrected chi connectivity index (χ0v) is 14.4. The van der Waals surface area contributed by atoms with E-state index in [1.54, 1.807) is 0 Å². The van der Waals surface area contributed by atoms with Crippen LogP contribution in [-0.4, -0.2) is 48.4 Å². The highest BCUT2D eigenvalue weighted by molar-refractivity contribution is 6.20. The maximum Gasteiger partial charge on any atom is 0.390 e. The normalized spacial score (nSPS) is 21.3. The van der Waals surface area contributed by atoms with Crippen molar-refractivity contribution in [3.8, 4) is 0 Å². The summed E-state index contributed by atoms with van der Waals surface area (Å²) in [5, 5.41) is 4.07. The number of hydrogen-bond donors (Lipinski definition) is 0. The lowest BCUT2D eigenvalue weighted by Crippen LogP contribution is -2.51. The summed E-state index contributed by atoms with van der Waals surface area (Å²) in [6.07, 6.45) is -7.70. The number of hydrogen-bond acceptors (Lipinski definition) is 3. The molecule has 0 fully saturated rings. The van der Waals surface area contributed by atoms with Crippen LogP contribution in [0.2, 0.25) is 0 Å². The summed E-state index contributed by atoms with van der Waals surface area (Å²) in [6, 6.07) is -1.10. The number of aliphatic imine (C=N–C) groups is 1.